The number of rotatable bonds is 4. The van der Waals surface area contributed by atoms with Gasteiger partial charge in [0.2, 0.25) is 0 Å². The molecule has 0 aromatic carbocycles. The van der Waals surface area contributed by atoms with E-state index < -0.39 is 20.1 Å². The van der Waals surface area contributed by atoms with Crippen molar-refractivity contribution >= 4 is 14.2 Å². The number of oxime groups is 1. The highest BCUT2D eigenvalue weighted by atomic mass is 28.4. The Bertz CT molecular complexity index is 543. The summed E-state index contributed by atoms with van der Waals surface area (Å²) in [6.07, 6.45) is -3.45. The van der Waals surface area contributed by atoms with Crippen LogP contribution in [0.1, 0.15) is 18.2 Å². The van der Waals surface area contributed by atoms with Crippen LogP contribution in [-0.2, 0) is 10.0 Å². The highest BCUT2D eigenvalue weighted by Gasteiger charge is 2.55. The van der Waals surface area contributed by atoms with Crippen LogP contribution in [0.4, 0.5) is 13.2 Å². The molecule has 21 heavy (non-hydrogen) atoms. The molecule has 1 unspecified atom stereocenters. The van der Waals surface area contributed by atoms with Crippen molar-refractivity contribution in [2.75, 3.05) is 0 Å². The van der Waals surface area contributed by atoms with Gasteiger partial charge in [0.25, 0.3) is 0 Å². The number of aromatic nitrogens is 1. The zero-order valence-electron chi connectivity index (χ0n) is 12.2. The van der Waals surface area contributed by atoms with Crippen LogP contribution in [-0.4, -0.2) is 30.5 Å². The zero-order chi connectivity index (χ0) is 16.5. The molecule has 0 bridgehead atoms. The van der Waals surface area contributed by atoms with E-state index >= 15 is 0 Å². The third-order valence-electron chi connectivity index (χ3n) is 2.73. The fraction of sp³-hybridized carbons (Fsp3) is 0.500. The Hall–Kier alpha value is -1.61. The minimum Gasteiger partial charge on any atom is -0.409 e. The third-order valence-corrected chi connectivity index (χ3v) is 3.75. The van der Waals surface area contributed by atoms with Crippen LogP contribution < -0.4 is 5.73 Å². The number of pyridine rings is 1. The van der Waals surface area contributed by atoms with Gasteiger partial charge in [0.1, 0.15) is 5.69 Å². The molecule has 118 valence electrons. The first-order valence-corrected chi connectivity index (χ1v) is 9.53. The molecule has 0 saturated heterocycles. The molecule has 0 spiro atoms. The Balaban J connectivity index is 3.41. The monoisotopic (exact) mass is 321 g/mol. The lowest BCUT2D eigenvalue weighted by molar-refractivity contribution is -0.250. The summed E-state index contributed by atoms with van der Waals surface area (Å²) in [5, 5.41) is 11.3. The van der Waals surface area contributed by atoms with Crippen LogP contribution in [0.25, 0.3) is 0 Å². The number of nitrogens with two attached hydrogens (primary N) is 1. The van der Waals surface area contributed by atoms with Crippen molar-refractivity contribution in [3.05, 3.63) is 29.6 Å². The van der Waals surface area contributed by atoms with Gasteiger partial charge in [0.15, 0.2) is 19.8 Å². The van der Waals surface area contributed by atoms with Crippen molar-refractivity contribution < 1.29 is 22.8 Å². The van der Waals surface area contributed by atoms with Crippen LogP contribution in [0.15, 0.2) is 23.5 Å². The number of amidine groups is 1. The van der Waals surface area contributed by atoms with Crippen LogP contribution in [0, 0.1) is 0 Å². The first kappa shape index (κ1) is 17.4. The summed E-state index contributed by atoms with van der Waals surface area (Å²) in [6.45, 7) is 5.98. The molecular formula is C12H18F3N3O2Si. The maximum Gasteiger partial charge on any atom is 0.420 e. The standard InChI is InChI=1S/C12H18F3N3O2Si/c1-11(12(13,14)15,20-21(2,3)4)8-5-6-17-9(7-8)10(16)18-19/h5-7,19H,1-4H3,(H2,16,18). The zero-order valence-corrected chi connectivity index (χ0v) is 13.2. The smallest absolute Gasteiger partial charge is 0.409 e. The Morgan fingerprint density at radius 3 is 2.38 bits per heavy atom. The van der Waals surface area contributed by atoms with E-state index in [1.807, 2.05) is 0 Å². The summed E-state index contributed by atoms with van der Waals surface area (Å²) in [5.41, 5.74) is 2.69. The van der Waals surface area contributed by atoms with E-state index in [4.69, 9.17) is 15.4 Å². The predicted molar refractivity (Wildman–Crippen MR) is 74.6 cm³/mol. The molecule has 0 aliphatic carbocycles. The lowest BCUT2D eigenvalue weighted by Gasteiger charge is -2.38. The first-order chi connectivity index (χ1) is 9.40. The molecule has 0 radical (unpaired) electrons. The van der Waals surface area contributed by atoms with Gasteiger partial charge in [-0.05, 0) is 44.3 Å². The van der Waals surface area contributed by atoms with Crippen LogP contribution in [0.2, 0.25) is 19.6 Å². The van der Waals surface area contributed by atoms with Crippen molar-refractivity contribution in [1.29, 1.82) is 0 Å². The molecule has 1 heterocycles. The normalized spacial score (nSPS) is 16.6. The minimum absolute atomic E-state index is 0.0512. The number of alkyl halides is 3. The Kier molecular flexibility index (Phi) is 4.69. The molecule has 1 rings (SSSR count). The molecule has 0 aliphatic heterocycles. The van der Waals surface area contributed by atoms with Crippen molar-refractivity contribution in [2.45, 2.75) is 38.3 Å². The van der Waals surface area contributed by atoms with Crippen LogP contribution in [0.3, 0.4) is 0 Å². The number of hydrogen-bond donors (Lipinski definition) is 2. The van der Waals surface area contributed by atoms with Gasteiger partial charge >= 0.3 is 6.18 Å². The van der Waals surface area contributed by atoms with Crippen molar-refractivity contribution in [3.8, 4) is 0 Å². The molecular weight excluding hydrogens is 303 g/mol. The summed E-state index contributed by atoms with van der Waals surface area (Å²) in [5.74, 6) is -0.366. The number of halogens is 3. The van der Waals surface area contributed by atoms with Gasteiger partial charge in [-0.25, -0.2) is 0 Å². The highest BCUT2D eigenvalue weighted by molar-refractivity contribution is 6.69. The highest BCUT2D eigenvalue weighted by Crippen LogP contribution is 2.43. The molecule has 1 aromatic heterocycles. The summed E-state index contributed by atoms with van der Waals surface area (Å²) in [7, 11) is -2.49. The van der Waals surface area contributed by atoms with Gasteiger partial charge in [-0.3, -0.25) is 4.98 Å². The van der Waals surface area contributed by atoms with Gasteiger partial charge in [0, 0.05) is 6.20 Å². The van der Waals surface area contributed by atoms with Crippen LogP contribution in [0.5, 0.6) is 0 Å². The van der Waals surface area contributed by atoms with Gasteiger partial charge in [0.05, 0.1) is 0 Å². The van der Waals surface area contributed by atoms with Gasteiger partial charge in [-0.15, -0.1) is 0 Å². The molecule has 1 aromatic rings. The number of hydrogen-bond acceptors (Lipinski definition) is 4. The summed E-state index contributed by atoms with van der Waals surface area (Å²) < 4.78 is 45.9. The van der Waals surface area contributed by atoms with E-state index in [0.29, 0.717) is 0 Å². The fourth-order valence-electron chi connectivity index (χ4n) is 1.81. The molecule has 0 aliphatic rings. The van der Waals surface area contributed by atoms with E-state index in [9.17, 15) is 13.2 Å². The Morgan fingerprint density at radius 1 is 1.38 bits per heavy atom. The second-order valence-electron chi connectivity index (χ2n) is 5.66. The third kappa shape index (κ3) is 3.94. The Morgan fingerprint density at radius 2 is 1.95 bits per heavy atom. The summed E-state index contributed by atoms with van der Waals surface area (Å²) in [6, 6.07) is 2.32. The lowest BCUT2D eigenvalue weighted by Crippen LogP contribution is -2.48. The first-order valence-electron chi connectivity index (χ1n) is 6.12. The second-order valence-corrected chi connectivity index (χ2v) is 10.1. The van der Waals surface area contributed by atoms with Gasteiger partial charge in [-0.2, -0.15) is 13.2 Å². The Labute approximate surface area is 121 Å². The average Bonchev–Trinajstić information content (AvgIpc) is 2.34. The number of nitrogens with zero attached hydrogens (tertiary/aromatic N) is 2. The minimum atomic E-state index is -4.61. The largest absolute Gasteiger partial charge is 0.420 e. The van der Waals surface area contributed by atoms with Crippen molar-refractivity contribution in [3.63, 3.8) is 0 Å². The molecule has 3 N–H and O–H groups in total. The molecule has 0 fully saturated rings. The topological polar surface area (TPSA) is 80.7 Å². The maximum absolute atomic E-state index is 13.5. The fourth-order valence-corrected chi connectivity index (χ4v) is 3.27. The van der Waals surface area contributed by atoms with E-state index in [2.05, 4.69) is 10.1 Å². The average molecular weight is 321 g/mol. The summed E-state index contributed by atoms with van der Waals surface area (Å²) in [4.78, 5) is 3.77. The molecule has 0 saturated carbocycles. The molecule has 9 heteroatoms. The van der Waals surface area contributed by atoms with E-state index in [1.54, 1.807) is 19.6 Å². The van der Waals surface area contributed by atoms with Gasteiger partial charge < -0.3 is 15.4 Å². The van der Waals surface area contributed by atoms with Crippen LogP contribution >= 0.6 is 0 Å². The van der Waals surface area contributed by atoms with Gasteiger partial charge in [-0.1, -0.05) is 5.16 Å². The second kappa shape index (κ2) is 5.64. The van der Waals surface area contributed by atoms with E-state index in [-0.39, 0.29) is 17.1 Å². The van der Waals surface area contributed by atoms with E-state index in [1.165, 1.54) is 12.3 Å². The quantitative estimate of drug-likeness (QED) is 0.294. The maximum atomic E-state index is 13.5. The molecule has 1 atom stereocenters. The summed E-state index contributed by atoms with van der Waals surface area (Å²) >= 11 is 0. The van der Waals surface area contributed by atoms with Crippen molar-refractivity contribution in [2.24, 2.45) is 10.9 Å². The molecule has 5 nitrogen and oxygen atoms in total. The SMILES string of the molecule is CC(O[Si](C)(C)C)(c1ccnc(/C(N)=N/O)c1)C(F)(F)F. The van der Waals surface area contributed by atoms with E-state index in [0.717, 1.165) is 13.0 Å². The van der Waals surface area contributed by atoms with Crippen molar-refractivity contribution in [1.82, 2.24) is 4.98 Å². The molecule has 0 amide bonds. The lowest BCUT2D eigenvalue weighted by atomic mass is 9.95. The predicted octanol–water partition coefficient (Wildman–Crippen LogP) is 2.81.